The number of amides is 2. The highest BCUT2D eigenvalue weighted by Gasteiger charge is 2.21. The van der Waals surface area contributed by atoms with E-state index in [2.05, 4.69) is 5.32 Å². The number of benzene rings is 2. The lowest BCUT2D eigenvalue weighted by atomic mass is 10.2. The van der Waals surface area contributed by atoms with Crippen molar-refractivity contribution >= 4 is 29.1 Å². The van der Waals surface area contributed by atoms with E-state index in [0.29, 0.717) is 16.5 Å². The van der Waals surface area contributed by atoms with E-state index in [9.17, 15) is 9.59 Å². The fourth-order valence-corrected chi connectivity index (χ4v) is 2.33. The molecule has 0 aliphatic rings. The lowest BCUT2D eigenvalue weighted by Gasteiger charge is -2.21. The summed E-state index contributed by atoms with van der Waals surface area (Å²) < 4.78 is 5.58. The molecule has 0 radical (unpaired) electrons. The molecule has 1 N–H and O–H groups in total. The Morgan fingerprint density at radius 3 is 2.32 bits per heavy atom. The van der Waals surface area contributed by atoms with Gasteiger partial charge in [-0.25, -0.2) is 0 Å². The van der Waals surface area contributed by atoms with Gasteiger partial charge in [0.2, 0.25) is 5.91 Å². The van der Waals surface area contributed by atoms with Crippen molar-refractivity contribution in [1.29, 1.82) is 0 Å². The molecular formula is C19H21ClN2O3. The number of ether oxygens (including phenoxy) is 1. The number of rotatable bonds is 6. The van der Waals surface area contributed by atoms with Crippen LogP contribution < -0.4 is 10.1 Å². The van der Waals surface area contributed by atoms with Gasteiger partial charge in [0, 0.05) is 17.8 Å². The molecule has 2 rings (SSSR count). The van der Waals surface area contributed by atoms with Crippen molar-refractivity contribution in [2.24, 2.45) is 0 Å². The molecule has 0 fully saturated rings. The first-order chi connectivity index (χ1) is 11.8. The number of aryl methyl sites for hydroxylation is 1. The van der Waals surface area contributed by atoms with Gasteiger partial charge in [0.25, 0.3) is 5.91 Å². The maximum atomic E-state index is 12.3. The Kier molecular flexibility index (Phi) is 6.42. The smallest absolute Gasteiger partial charge is 0.263 e. The molecular weight excluding hydrogens is 340 g/mol. The largest absolute Gasteiger partial charge is 0.481 e. The van der Waals surface area contributed by atoms with E-state index in [1.54, 1.807) is 38.2 Å². The van der Waals surface area contributed by atoms with Crippen LogP contribution in [-0.4, -0.2) is 36.4 Å². The van der Waals surface area contributed by atoms with Gasteiger partial charge in [-0.2, -0.15) is 0 Å². The highest BCUT2D eigenvalue weighted by atomic mass is 35.5. The Bertz CT molecular complexity index is 729. The zero-order chi connectivity index (χ0) is 18.4. The van der Waals surface area contributed by atoms with Gasteiger partial charge in [0.05, 0.1) is 6.54 Å². The summed E-state index contributed by atoms with van der Waals surface area (Å²) in [6, 6.07) is 14.2. The summed E-state index contributed by atoms with van der Waals surface area (Å²) in [6.45, 7) is 3.56. The van der Waals surface area contributed by atoms with Crippen LogP contribution in [0.25, 0.3) is 0 Å². The Labute approximate surface area is 152 Å². The predicted molar refractivity (Wildman–Crippen MR) is 99.0 cm³/mol. The third kappa shape index (κ3) is 5.80. The van der Waals surface area contributed by atoms with Crippen LogP contribution in [0.3, 0.4) is 0 Å². The molecule has 0 aromatic heterocycles. The van der Waals surface area contributed by atoms with E-state index in [-0.39, 0.29) is 18.4 Å². The second-order valence-corrected chi connectivity index (χ2v) is 6.26. The number of anilines is 1. The van der Waals surface area contributed by atoms with Crippen LogP contribution in [-0.2, 0) is 9.59 Å². The molecule has 1 atom stereocenters. The van der Waals surface area contributed by atoms with Crippen molar-refractivity contribution in [3.63, 3.8) is 0 Å². The van der Waals surface area contributed by atoms with Crippen molar-refractivity contribution < 1.29 is 14.3 Å². The van der Waals surface area contributed by atoms with Crippen LogP contribution in [0.4, 0.5) is 5.69 Å². The molecule has 132 valence electrons. The minimum Gasteiger partial charge on any atom is -0.481 e. The van der Waals surface area contributed by atoms with Crippen LogP contribution in [0.1, 0.15) is 12.5 Å². The van der Waals surface area contributed by atoms with Crippen LogP contribution in [0.5, 0.6) is 5.75 Å². The quantitative estimate of drug-likeness (QED) is 0.857. The minimum atomic E-state index is -0.710. The lowest BCUT2D eigenvalue weighted by molar-refractivity contribution is -0.139. The summed E-state index contributed by atoms with van der Waals surface area (Å²) in [4.78, 5) is 25.7. The van der Waals surface area contributed by atoms with E-state index in [4.69, 9.17) is 16.3 Å². The molecule has 0 saturated carbocycles. The Balaban J connectivity index is 1.86. The molecule has 0 bridgehead atoms. The molecule has 2 amide bonds. The fourth-order valence-electron chi connectivity index (χ4n) is 2.21. The number of hydrogen-bond donors (Lipinski definition) is 1. The van der Waals surface area contributed by atoms with E-state index < -0.39 is 6.10 Å². The van der Waals surface area contributed by atoms with Crippen molar-refractivity contribution in [3.05, 3.63) is 59.1 Å². The highest BCUT2D eigenvalue weighted by molar-refractivity contribution is 6.30. The second-order valence-electron chi connectivity index (χ2n) is 5.82. The topological polar surface area (TPSA) is 58.6 Å². The molecule has 25 heavy (non-hydrogen) atoms. The van der Waals surface area contributed by atoms with E-state index in [0.717, 1.165) is 5.56 Å². The van der Waals surface area contributed by atoms with Gasteiger partial charge in [-0.1, -0.05) is 29.3 Å². The molecule has 0 spiro atoms. The summed E-state index contributed by atoms with van der Waals surface area (Å²) in [5, 5.41) is 3.36. The second kappa shape index (κ2) is 8.53. The molecule has 6 heteroatoms. The number of carbonyl (C=O) groups is 2. The first-order valence-corrected chi connectivity index (χ1v) is 8.26. The summed E-state index contributed by atoms with van der Waals surface area (Å²) in [7, 11) is 1.57. The van der Waals surface area contributed by atoms with Gasteiger partial charge in [-0.15, -0.1) is 0 Å². The number of carbonyl (C=O) groups excluding carboxylic acids is 2. The van der Waals surface area contributed by atoms with Crippen LogP contribution in [0.2, 0.25) is 5.02 Å². The van der Waals surface area contributed by atoms with Gasteiger partial charge in [-0.05, 0) is 50.2 Å². The summed E-state index contributed by atoms with van der Waals surface area (Å²) in [5.74, 6) is -0.00448. The van der Waals surface area contributed by atoms with Gasteiger partial charge in [-0.3, -0.25) is 9.59 Å². The molecule has 0 aliphatic carbocycles. The Morgan fingerprint density at radius 1 is 1.12 bits per heavy atom. The predicted octanol–water partition coefficient (Wildman–Crippen LogP) is 3.51. The van der Waals surface area contributed by atoms with Crippen LogP contribution >= 0.6 is 11.6 Å². The Hall–Kier alpha value is -2.53. The number of likely N-dealkylation sites (N-methyl/N-ethyl adjacent to an activating group) is 1. The van der Waals surface area contributed by atoms with Gasteiger partial charge < -0.3 is 15.0 Å². The third-order valence-corrected chi connectivity index (χ3v) is 3.82. The number of nitrogens with zero attached hydrogens (tertiary/aromatic N) is 1. The zero-order valence-electron chi connectivity index (χ0n) is 14.5. The van der Waals surface area contributed by atoms with E-state index >= 15 is 0 Å². The SMILES string of the molecule is Cc1ccc(NC(=O)CN(C)C(=O)[C@H](C)Oc2ccc(Cl)cc2)cc1. The van der Waals surface area contributed by atoms with Gasteiger partial charge >= 0.3 is 0 Å². The van der Waals surface area contributed by atoms with Crippen molar-refractivity contribution in [3.8, 4) is 5.75 Å². The van der Waals surface area contributed by atoms with Crippen LogP contribution in [0, 0.1) is 6.92 Å². The van der Waals surface area contributed by atoms with Crippen molar-refractivity contribution in [1.82, 2.24) is 4.90 Å². The molecule has 5 nitrogen and oxygen atoms in total. The first kappa shape index (κ1) is 18.8. The average Bonchev–Trinajstić information content (AvgIpc) is 2.58. The molecule has 0 saturated heterocycles. The van der Waals surface area contributed by atoms with Crippen molar-refractivity contribution in [2.75, 3.05) is 18.9 Å². The fraction of sp³-hybridized carbons (Fsp3) is 0.263. The molecule has 2 aromatic rings. The summed E-state index contributed by atoms with van der Waals surface area (Å²) in [5.41, 5.74) is 1.81. The maximum absolute atomic E-state index is 12.3. The Morgan fingerprint density at radius 2 is 1.72 bits per heavy atom. The van der Waals surface area contributed by atoms with Gasteiger partial charge in [0.15, 0.2) is 6.10 Å². The van der Waals surface area contributed by atoms with E-state index in [1.807, 2.05) is 31.2 Å². The van der Waals surface area contributed by atoms with Crippen LogP contribution in [0.15, 0.2) is 48.5 Å². The van der Waals surface area contributed by atoms with Gasteiger partial charge in [0.1, 0.15) is 5.75 Å². The highest BCUT2D eigenvalue weighted by Crippen LogP contribution is 2.17. The average molecular weight is 361 g/mol. The number of hydrogen-bond acceptors (Lipinski definition) is 3. The van der Waals surface area contributed by atoms with E-state index in [1.165, 1.54) is 4.90 Å². The maximum Gasteiger partial charge on any atom is 0.263 e. The number of nitrogens with one attached hydrogen (secondary N) is 1. The third-order valence-electron chi connectivity index (χ3n) is 3.57. The molecule has 2 aromatic carbocycles. The zero-order valence-corrected chi connectivity index (χ0v) is 15.2. The summed E-state index contributed by atoms with van der Waals surface area (Å²) >= 11 is 5.82. The number of halogens is 1. The lowest BCUT2D eigenvalue weighted by Crippen LogP contribution is -2.41. The minimum absolute atomic E-state index is 0.0545. The molecule has 0 unspecified atom stereocenters. The summed E-state index contributed by atoms with van der Waals surface area (Å²) in [6.07, 6.45) is -0.710. The molecule has 0 aliphatic heterocycles. The standard InChI is InChI=1S/C19H21ClN2O3/c1-13-4-8-16(9-5-13)21-18(23)12-22(3)19(24)14(2)25-17-10-6-15(20)7-11-17/h4-11,14H,12H2,1-3H3,(H,21,23)/t14-/m0/s1. The monoisotopic (exact) mass is 360 g/mol. The molecule has 0 heterocycles. The first-order valence-electron chi connectivity index (χ1n) is 7.89. The van der Waals surface area contributed by atoms with Crippen molar-refractivity contribution in [2.45, 2.75) is 20.0 Å². The normalized spacial score (nSPS) is 11.5.